The minimum atomic E-state index is -0.413. The van der Waals surface area contributed by atoms with E-state index >= 15 is 0 Å². The Morgan fingerprint density at radius 2 is 1.68 bits per heavy atom. The van der Waals surface area contributed by atoms with Crippen LogP contribution in [0.25, 0.3) is 0 Å². The highest BCUT2D eigenvalue weighted by molar-refractivity contribution is 6.30. The van der Waals surface area contributed by atoms with Crippen LogP contribution < -0.4 is 5.32 Å². The van der Waals surface area contributed by atoms with E-state index in [9.17, 15) is 4.79 Å². The Kier molecular flexibility index (Phi) is 4.73. The molecule has 0 atom stereocenters. The zero-order valence-corrected chi connectivity index (χ0v) is 14.7. The molecule has 0 spiro atoms. The number of nitrogens with zero attached hydrogens (tertiary/aromatic N) is 1. The zero-order valence-electron chi connectivity index (χ0n) is 13.9. The summed E-state index contributed by atoms with van der Waals surface area (Å²) in [6.45, 7) is 8.73. The Labute approximate surface area is 137 Å². The van der Waals surface area contributed by atoms with E-state index in [-0.39, 0.29) is 17.2 Å². The molecule has 1 heterocycles. The third-order valence-corrected chi connectivity index (χ3v) is 4.89. The highest BCUT2D eigenvalue weighted by atomic mass is 35.5. The molecule has 0 aromatic heterocycles. The second-order valence-electron chi connectivity index (χ2n) is 7.25. The summed E-state index contributed by atoms with van der Waals surface area (Å²) >= 11 is 5.83. The van der Waals surface area contributed by atoms with Gasteiger partial charge in [-0.25, -0.2) is 4.79 Å². The van der Waals surface area contributed by atoms with Crippen LogP contribution in [-0.2, 0) is 4.74 Å². The van der Waals surface area contributed by atoms with Crippen LogP contribution in [0.15, 0.2) is 24.3 Å². The van der Waals surface area contributed by atoms with Gasteiger partial charge < -0.3 is 4.74 Å². The topological polar surface area (TPSA) is 41.6 Å². The van der Waals surface area contributed by atoms with E-state index in [1.807, 2.05) is 0 Å². The molecule has 1 saturated heterocycles. The van der Waals surface area contributed by atoms with Gasteiger partial charge in [-0.2, -0.15) is 0 Å². The van der Waals surface area contributed by atoms with Crippen molar-refractivity contribution in [2.45, 2.75) is 57.7 Å². The fourth-order valence-corrected chi connectivity index (χ4v) is 3.32. The summed E-state index contributed by atoms with van der Waals surface area (Å²) in [7, 11) is 2.13. The van der Waals surface area contributed by atoms with E-state index in [0.29, 0.717) is 10.7 Å². The molecule has 0 unspecified atom stereocenters. The van der Waals surface area contributed by atoms with E-state index in [1.54, 1.807) is 24.3 Å². The molecular formula is C17H25ClN2O2. The number of piperidine rings is 1. The van der Waals surface area contributed by atoms with Crippen molar-refractivity contribution in [1.29, 1.82) is 0 Å². The number of carbonyl (C=O) groups excluding carboxylic acids is 1. The van der Waals surface area contributed by atoms with Crippen molar-refractivity contribution in [3.05, 3.63) is 29.3 Å². The van der Waals surface area contributed by atoms with Crippen molar-refractivity contribution in [1.82, 2.24) is 4.90 Å². The molecule has 122 valence electrons. The van der Waals surface area contributed by atoms with Crippen molar-refractivity contribution >= 4 is 23.4 Å². The van der Waals surface area contributed by atoms with Crippen molar-refractivity contribution in [3.63, 3.8) is 0 Å². The van der Waals surface area contributed by atoms with Gasteiger partial charge in [-0.05, 0) is 59.0 Å². The summed E-state index contributed by atoms with van der Waals surface area (Å²) in [6, 6.07) is 6.98. The molecular weight excluding hydrogens is 300 g/mol. The van der Waals surface area contributed by atoms with Crippen LogP contribution in [-0.4, -0.2) is 35.2 Å². The third-order valence-electron chi connectivity index (χ3n) is 4.63. The van der Waals surface area contributed by atoms with Crippen molar-refractivity contribution in [3.8, 4) is 0 Å². The Balaban J connectivity index is 1.98. The lowest BCUT2D eigenvalue weighted by Crippen LogP contribution is -2.60. The van der Waals surface area contributed by atoms with Gasteiger partial charge in [0.05, 0.1) is 0 Å². The summed E-state index contributed by atoms with van der Waals surface area (Å²) in [5.74, 6) is 0. The maximum absolute atomic E-state index is 12.1. The van der Waals surface area contributed by atoms with Crippen LogP contribution in [0.3, 0.4) is 0 Å². The number of carbonyl (C=O) groups is 1. The molecule has 5 heteroatoms. The normalized spacial score (nSPS) is 21.4. The van der Waals surface area contributed by atoms with Gasteiger partial charge in [-0.3, -0.25) is 10.2 Å². The lowest BCUT2D eigenvalue weighted by molar-refractivity contribution is -0.0659. The molecule has 1 aliphatic heterocycles. The largest absolute Gasteiger partial charge is 0.446 e. The van der Waals surface area contributed by atoms with Gasteiger partial charge in [-0.15, -0.1) is 0 Å². The van der Waals surface area contributed by atoms with Gasteiger partial charge in [0.2, 0.25) is 0 Å². The smallest absolute Gasteiger partial charge is 0.411 e. The number of benzene rings is 1. The van der Waals surface area contributed by atoms with Gasteiger partial charge >= 0.3 is 6.09 Å². The molecule has 4 nitrogen and oxygen atoms in total. The molecule has 0 aliphatic carbocycles. The van der Waals surface area contributed by atoms with Crippen LogP contribution in [0, 0.1) is 0 Å². The zero-order chi connectivity index (χ0) is 16.5. The standard InChI is InChI=1S/C17H25ClN2O2/c1-16(2)10-14(11-17(3,4)20(16)5)22-15(21)19-13-8-6-12(18)7-9-13/h6-9,14H,10-11H2,1-5H3,(H,19,21). The van der Waals surface area contributed by atoms with E-state index in [2.05, 4.69) is 45.0 Å². The molecule has 1 N–H and O–H groups in total. The number of hydrogen-bond donors (Lipinski definition) is 1. The lowest BCUT2D eigenvalue weighted by atomic mass is 9.79. The van der Waals surface area contributed by atoms with E-state index in [1.165, 1.54) is 0 Å². The minimum Gasteiger partial charge on any atom is -0.446 e. The van der Waals surface area contributed by atoms with Gasteiger partial charge in [0.15, 0.2) is 0 Å². The summed E-state index contributed by atoms with van der Waals surface area (Å²) in [4.78, 5) is 14.4. The van der Waals surface area contributed by atoms with E-state index in [0.717, 1.165) is 12.8 Å². The van der Waals surface area contributed by atoms with Crippen molar-refractivity contribution in [2.24, 2.45) is 0 Å². The van der Waals surface area contributed by atoms with E-state index in [4.69, 9.17) is 16.3 Å². The second-order valence-corrected chi connectivity index (χ2v) is 7.69. The molecule has 0 saturated carbocycles. The number of ether oxygens (including phenoxy) is 1. The van der Waals surface area contributed by atoms with Crippen LogP contribution in [0.1, 0.15) is 40.5 Å². The molecule has 1 fully saturated rings. The number of anilines is 1. The number of halogens is 1. The Morgan fingerprint density at radius 3 is 2.18 bits per heavy atom. The van der Waals surface area contributed by atoms with E-state index < -0.39 is 6.09 Å². The second kappa shape index (κ2) is 6.09. The quantitative estimate of drug-likeness (QED) is 0.868. The van der Waals surface area contributed by atoms with Crippen LogP contribution in [0.4, 0.5) is 10.5 Å². The summed E-state index contributed by atoms with van der Waals surface area (Å²) in [6.07, 6.45) is 1.14. The average molecular weight is 325 g/mol. The van der Waals surface area contributed by atoms with Gasteiger partial charge in [0.1, 0.15) is 6.10 Å². The number of hydrogen-bond acceptors (Lipinski definition) is 3. The van der Waals surface area contributed by atoms with Gasteiger partial charge in [0, 0.05) is 34.6 Å². The predicted octanol–water partition coefficient (Wildman–Crippen LogP) is 4.54. The maximum Gasteiger partial charge on any atom is 0.411 e. The van der Waals surface area contributed by atoms with Crippen molar-refractivity contribution < 1.29 is 9.53 Å². The predicted molar refractivity (Wildman–Crippen MR) is 90.5 cm³/mol. The SMILES string of the molecule is CN1C(C)(C)CC(OC(=O)Nc2ccc(Cl)cc2)CC1(C)C. The Hall–Kier alpha value is -1.26. The first-order chi connectivity index (χ1) is 10.1. The molecule has 1 aliphatic rings. The first-order valence-corrected chi connectivity index (χ1v) is 7.95. The van der Waals surface area contributed by atoms with Gasteiger partial charge in [-0.1, -0.05) is 11.6 Å². The summed E-state index contributed by atoms with van der Waals surface area (Å²) in [5, 5.41) is 3.39. The number of rotatable bonds is 2. The first-order valence-electron chi connectivity index (χ1n) is 7.57. The monoisotopic (exact) mass is 324 g/mol. The van der Waals surface area contributed by atoms with Crippen LogP contribution >= 0.6 is 11.6 Å². The third kappa shape index (κ3) is 3.93. The fourth-order valence-electron chi connectivity index (χ4n) is 3.19. The first kappa shape index (κ1) is 17.1. The molecule has 1 aromatic rings. The molecule has 1 aromatic carbocycles. The summed E-state index contributed by atoms with van der Waals surface area (Å²) < 4.78 is 5.64. The highest BCUT2D eigenvalue weighted by Crippen LogP contribution is 2.38. The molecule has 22 heavy (non-hydrogen) atoms. The lowest BCUT2D eigenvalue weighted by Gasteiger charge is -2.53. The molecule has 0 radical (unpaired) electrons. The number of nitrogens with one attached hydrogen (secondary N) is 1. The Bertz CT molecular complexity index is 522. The average Bonchev–Trinajstić information content (AvgIpc) is 2.38. The number of likely N-dealkylation sites (tertiary alicyclic amines) is 1. The van der Waals surface area contributed by atoms with Gasteiger partial charge in [0.25, 0.3) is 0 Å². The maximum atomic E-state index is 12.1. The van der Waals surface area contributed by atoms with Crippen LogP contribution in [0.2, 0.25) is 5.02 Å². The summed E-state index contributed by atoms with van der Waals surface area (Å²) in [5.41, 5.74) is 0.667. The minimum absolute atomic E-state index is 0.00698. The van der Waals surface area contributed by atoms with Crippen LogP contribution in [0.5, 0.6) is 0 Å². The molecule has 1 amide bonds. The Morgan fingerprint density at radius 1 is 1.18 bits per heavy atom. The molecule has 0 bridgehead atoms. The molecule has 2 rings (SSSR count). The van der Waals surface area contributed by atoms with Crippen molar-refractivity contribution in [2.75, 3.05) is 12.4 Å². The highest BCUT2D eigenvalue weighted by Gasteiger charge is 2.44. The number of amides is 1. The fraction of sp³-hybridized carbons (Fsp3) is 0.588.